The van der Waals surface area contributed by atoms with E-state index in [-0.39, 0.29) is 0 Å². The summed E-state index contributed by atoms with van der Waals surface area (Å²) in [6.45, 7) is 3.54. The van der Waals surface area contributed by atoms with E-state index in [1.165, 1.54) is 12.1 Å². The number of halogens is 1. The Morgan fingerprint density at radius 1 is 1.56 bits per heavy atom. The van der Waals surface area contributed by atoms with Crippen LogP contribution in [0.5, 0.6) is 0 Å². The molecule has 0 amide bonds. The van der Waals surface area contributed by atoms with Crippen molar-refractivity contribution in [3.8, 4) is 6.07 Å². The SMILES string of the molecule is CC1(O)CN(Cc2ccc(F)cc2C#N)C1. The minimum absolute atomic E-state index is 0.367. The van der Waals surface area contributed by atoms with Gasteiger partial charge < -0.3 is 5.11 Å². The fourth-order valence-electron chi connectivity index (χ4n) is 2.06. The Morgan fingerprint density at radius 3 is 2.81 bits per heavy atom. The van der Waals surface area contributed by atoms with E-state index < -0.39 is 11.4 Å². The highest BCUT2D eigenvalue weighted by molar-refractivity contribution is 5.38. The molecule has 1 aromatic rings. The highest BCUT2D eigenvalue weighted by Gasteiger charge is 2.36. The van der Waals surface area contributed by atoms with E-state index in [1.807, 2.05) is 11.0 Å². The van der Waals surface area contributed by atoms with E-state index in [0.717, 1.165) is 5.56 Å². The molecule has 0 saturated carbocycles. The maximum Gasteiger partial charge on any atom is 0.124 e. The van der Waals surface area contributed by atoms with Crippen molar-refractivity contribution in [3.05, 3.63) is 35.1 Å². The zero-order valence-corrected chi connectivity index (χ0v) is 9.07. The van der Waals surface area contributed by atoms with Gasteiger partial charge >= 0.3 is 0 Å². The Kier molecular flexibility index (Phi) is 2.66. The zero-order chi connectivity index (χ0) is 11.8. The topological polar surface area (TPSA) is 47.3 Å². The first-order valence-corrected chi connectivity index (χ1v) is 5.13. The second-order valence-corrected chi connectivity index (χ2v) is 4.56. The van der Waals surface area contributed by atoms with Crippen LogP contribution in [0.25, 0.3) is 0 Å². The Bertz CT molecular complexity index is 443. The van der Waals surface area contributed by atoms with Crippen LogP contribution in [0.4, 0.5) is 4.39 Å². The quantitative estimate of drug-likeness (QED) is 0.816. The fraction of sp³-hybridized carbons (Fsp3) is 0.417. The molecule has 1 aromatic carbocycles. The van der Waals surface area contributed by atoms with Crippen LogP contribution in [0.2, 0.25) is 0 Å². The van der Waals surface area contributed by atoms with Crippen molar-refractivity contribution < 1.29 is 9.50 Å². The number of aliphatic hydroxyl groups is 1. The minimum Gasteiger partial charge on any atom is -0.388 e. The monoisotopic (exact) mass is 220 g/mol. The molecule has 1 aliphatic rings. The van der Waals surface area contributed by atoms with Crippen molar-refractivity contribution in [1.82, 2.24) is 4.90 Å². The van der Waals surface area contributed by atoms with E-state index in [4.69, 9.17) is 5.26 Å². The van der Waals surface area contributed by atoms with Gasteiger partial charge in [-0.25, -0.2) is 4.39 Å². The average molecular weight is 220 g/mol. The molecule has 1 N–H and O–H groups in total. The first-order chi connectivity index (χ1) is 7.50. The fourth-order valence-corrected chi connectivity index (χ4v) is 2.06. The van der Waals surface area contributed by atoms with E-state index >= 15 is 0 Å². The maximum atomic E-state index is 12.9. The van der Waals surface area contributed by atoms with Gasteiger partial charge in [0.2, 0.25) is 0 Å². The lowest BCUT2D eigenvalue weighted by Crippen LogP contribution is -2.59. The lowest BCUT2D eigenvalue weighted by Gasteiger charge is -2.44. The summed E-state index contributed by atoms with van der Waals surface area (Å²) < 4.78 is 12.9. The number of hydrogen-bond donors (Lipinski definition) is 1. The third-order valence-corrected chi connectivity index (χ3v) is 2.71. The Labute approximate surface area is 93.7 Å². The van der Waals surface area contributed by atoms with Gasteiger partial charge in [-0.2, -0.15) is 5.26 Å². The molecule has 0 atom stereocenters. The molecule has 1 fully saturated rings. The van der Waals surface area contributed by atoms with Crippen LogP contribution in [0.3, 0.4) is 0 Å². The Morgan fingerprint density at radius 2 is 2.25 bits per heavy atom. The molecule has 4 heteroatoms. The predicted molar refractivity (Wildman–Crippen MR) is 57.0 cm³/mol. The molecule has 1 aliphatic heterocycles. The zero-order valence-electron chi connectivity index (χ0n) is 9.07. The highest BCUT2D eigenvalue weighted by atomic mass is 19.1. The number of benzene rings is 1. The van der Waals surface area contributed by atoms with Crippen LogP contribution in [-0.2, 0) is 6.54 Å². The first-order valence-electron chi connectivity index (χ1n) is 5.13. The molecule has 0 aliphatic carbocycles. The van der Waals surface area contributed by atoms with Crippen LogP contribution >= 0.6 is 0 Å². The molecular weight excluding hydrogens is 207 g/mol. The molecule has 3 nitrogen and oxygen atoms in total. The van der Waals surface area contributed by atoms with Gasteiger partial charge in [-0.15, -0.1) is 0 Å². The van der Waals surface area contributed by atoms with Crippen LogP contribution in [-0.4, -0.2) is 28.7 Å². The van der Waals surface area contributed by atoms with Gasteiger partial charge in [0.15, 0.2) is 0 Å². The molecular formula is C12H13FN2O. The normalized spacial score (nSPS) is 18.9. The van der Waals surface area contributed by atoms with Crippen molar-refractivity contribution >= 4 is 0 Å². The summed E-state index contributed by atoms with van der Waals surface area (Å²) in [5, 5.41) is 18.4. The lowest BCUT2D eigenvalue weighted by molar-refractivity contribution is -0.0871. The summed E-state index contributed by atoms with van der Waals surface area (Å²) in [6.07, 6.45) is 0. The molecule has 1 saturated heterocycles. The van der Waals surface area contributed by atoms with Crippen LogP contribution in [0.15, 0.2) is 18.2 Å². The number of nitriles is 1. The van der Waals surface area contributed by atoms with Crippen molar-refractivity contribution in [2.45, 2.75) is 19.1 Å². The first kappa shape index (κ1) is 11.1. The van der Waals surface area contributed by atoms with Gasteiger partial charge in [0.05, 0.1) is 17.2 Å². The van der Waals surface area contributed by atoms with Gasteiger partial charge in [0, 0.05) is 19.6 Å². The summed E-state index contributed by atoms with van der Waals surface area (Å²) in [7, 11) is 0. The molecule has 1 heterocycles. The van der Waals surface area contributed by atoms with E-state index in [1.54, 1.807) is 13.0 Å². The molecule has 0 aromatic heterocycles. The number of nitrogens with zero attached hydrogens (tertiary/aromatic N) is 2. The van der Waals surface area contributed by atoms with E-state index in [0.29, 0.717) is 25.2 Å². The third-order valence-electron chi connectivity index (χ3n) is 2.71. The Balaban J connectivity index is 2.08. The summed E-state index contributed by atoms with van der Waals surface area (Å²) in [5.74, 6) is -0.393. The minimum atomic E-state index is -0.618. The van der Waals surface area contributed by atoms with Crippen LogP contribution in [0.1, 0.15) is 18.1 Å². The molecule has 2 rings (SSSR count). The maximum absolute atomic E-state index is 12.9. The van der Waals surface area contributed by atoms with Crippen LogP contribution in [0, 0.1) is 17.1 Å². The van der Waals surface area contributed by atoms with Crippen molar-refractivity contribution in [3.63, 3.8) is 0 Å². The largest absolute Gasteiger partial charge is 0.388 e. The van der Waals surface area contributed by atoms with Gasteiger partial charge in [0.25, 0.3) is 0 Å². The smallest absolute Gasteiger partial charge is 0.124 e. The molecule has 84 valence electrons. The molecule has 0 unspecified atom stereocenters. The number of β-amino-alcohol motifs (C(OH)–C–C–N with tert-alkyl or cyclic N) is 1. The lowest BCUT2D eigenvalue weighted by atomic mass is 9.95. The molecule has 0 spiro atoms. The van der Waals surface area contributed by atoms with Gasteiger partial charge in [0.1, 0.15) is 5.82 Å². The van der Waals surface area contributed by atoms with Crippen molar-refractivity contribution in [2.75, 3.05) is 13.1 Å². The third kappa shape index (κ3) is 2.21. The molecule has 0 radical (unpaired) electrons. The highest BCUT2D eigenvalue weighted by Crippen LogP contribution is 2.23. The predicted octanol–water partition coefficient (Wildman–Crippen LogP) is 1.26. The van der Waals surface area contributed by atoms with Crippen molar-refractivity contribution in [2.24, 2.45) is 0 Å². The number of hydrogen-bond acceptors (Lipinski definition) is 3. The average Bonchev–Trinajstić information content (AvgIpc) is 2.18. The summed E-state index contributed by atoms with van der Waals surface area (Å²) in [4.78, 5) is 2.02. The van der Waals surface area contributed by atoms with E-state index in [2.05, 4.69) is 0 Å². The van der Waals surface area contributed by atoms with Gasteiger partial charge in [-0.3, -0.25) is 4.90 Å². The summed E-state index contributed by atoms with van der Waals surface area (Å²) >= 11 is 0. The Hall–Kier alpha value is -1.44. The second-order valence-electron chi connectivity index (χ2n) is 4.56. The number of rotatable bonds is 2. The van der Waals surface area contributed by atoms with Gasteiger partial charge in [-0.05, 0) is 24.6 Å². The summed E-state index contributed by atoms with van der Waals surface area (Å²) in [6, 6.07) is 6.21. The summed E-state index contributed by atoms with van der Waals surface area (Å²) in [5.41, 5.74) is 0.554. The second kappa shape index (κ2) is 3.85. The molecule has 0 bridgehead atoms. The van der Waals surface area contributed by atoms with Crippen LogP contribution < -0.4 is 0 Å². The standard InChI is InChI=1S/C12H13FN2O/c1-12(16)7-15(8-12)6-9-2-3-11(13)4-10(9)5-14/h2-4,16H,6-8H2,1H3. The molecule has 16 heavy (non-hydrogen) atoms. The van der Waals surface area contributed by atoms with Crippen molar-refractivity contribution in [1.29, 1.82) is 5.26 Å². The number of likely N-dealkylation sites (tertiary alicyclic amines) is 1. The van der Waals surface area contributed by atoms with E-state index in [9.17, 15) is 9.50 Å². The van der Waals surface area contributed by atoms with Gasteiger partial charge in [-0.1, -0.05) is 6.07 Å².